The second-order valence-corrected chi connectivity index (χ2v) is 6.59. The van der Waals surface area contributed by atoms with Gasteiger partial charge in [-0.1, -0.05) is 28.3 Å². The molecule has 0 fully saturated rings. The second-order valence-electron chi connectivity index (χ2n) is 4.35. The molecule has 0 aliphatic carbocycles. The number of nitriles is 1. The Morgan fingerprint density at radius 1 is 1.52 bits per heavy atom. The van der Waals surface area contributed by atoms with Crippen molar-refractivity contribution in [2.45, 2.75) is 11.1 Å². The number of thiazole rings is 1. The predicted octanol–water partition coefficient (Wildman–Crippen LogP) is 3.57. The number of hydrogen-bond donors (Lipinski definition) is 1. The molecule has 9 heteroatoms. The average Bonchev–Trinajstić information content (AvgIpc) is 3.26. The summed E-state index contributed by atoms with van der Waals surface area (Å²) >= 11 is 2.71. The van der Waals surface area contributed by atoms with Gasteiger partial charge in [-0.3, -0.25) is 10.1 Å². The van der Waals surface area contributed by atoms with E-state index in [4.69, 9.17) is 14.2 Å². The van der Waals surface area contributed by atoms with Gasteiger partial charge in [0.05, 0.1) is 28.0 Å². The molecule has 0 unspecified atom stereocenters. The first kappa shape index (κ1) is 15.3. The van der Waals surface area contributed by atoms with E-state index in [0.29, 0.717) is 22.4 Å². The van der Waals surface area contributed by atoms with E-state index in [1.807, 2.05) is 6.92 Å². The number of carbonyl (C=O) groups is 1. The van der Waals surface area contributed by atoms with Crippen LogP contribution in [0.15, 0.2) is 37.6 Å². The van der Waals surface area contributed by atoms with Gasteiger partial charge in [0.25, 0.3) is 5.91 Å². The van der Waals surface area contributed by atoms with Crippen LogP contribution in [0.1, 0.15) is 16.2 Å². The zero-order valence-corrected chi connectivity index (χ0v) is 13.5. The molecule has 3 rings (SSSR count). The Morgan fingerprint density at radius 3 is 3.13 bits per heavy atom. The monoisotopic (exact) mass is 346 g/mol. The lowest BCUT2D eigenvalue weighted by Gasteiger charge is -1.95. The summed E-state index contributed by atoms with van der Waals surface area (Å²) in [7, 11) is 0. The zero-order chi connectivity index (χ0) is 16.2. The van der Waals surface area contributed by atoms with Crippen molar-refractivity contribution >= 4 is 34.1 Å². The number of nitrogens with zero attached hydrogens (tertiary/aromatic N) is 3. The summed E-state index contributed by atoms with van der Waals surface area (Å²) < 4.78 is 11.2. The molecule has 0 atom stereocenters. The Labute approximate surface area is 139 Å². The molecule has 0 bridgehead atoms. The van der Waals surface area contributed by atoms with E-state index >= 15 is 0 Å². The summed E-state index contributed by atoms with van der Waals surface area (Å²) in [5.74, 6) is 0.793. The molecule has 0 saturated heterocycles. The van der Waals surface area contributed by atoms with E-state index < -0.39 is 5.91 Å². The highest BCUT2D eigenvalue weighted by Crippen LogP contribution is 2.32. The van der Waals surface area contributed by atoms with E-state index in [-0.39, 0.29) is 5.69 Å². The van der Waals surface area contributed by atoms with E-state index in [1.54, 1.807) is 12.1 Å². The summed E-state index contributed by atoms with van der Waals surface area (Å²) in [6.45, 7) is 1.83. The third kappa shape index (κ3) is 3.44. The summed E-state index contributed by atoms with van der Waals surface area (Å²) in [6, 6.07) is 6.99. The lowest BCUT2D eigenvalue weighted by atomic mass is 10.3. The first-order valence-corrected chi connectivity index (χ1v) is 8.26. The first-order chi connectivity index (χ1) is 11.2. The van der Waals surface area contributed by atoms with Gasteiger partial charge in [-0.25, -0.2) is 4.98 Å². The number of aromatic nitrogens is 2. The van der Waals surface area contributed by atoms with Crippen molar-refractivity contribution in [3.8, 4) is 17.6 Å². The molecule has 0 saturated carbocycles. The van der Waals surface area contributed by atoms with Gasteiger partial charge in [-0.15, -0.1) is 0 Å². The van der Waals surface area contributed by atoms with Crippen LogP contribution in [0.25, 0.3) is 11.5 Å². The maximum Gasteiger partial charge on any atom is 0.279 e. The standard InChI is InChI=1S/C14H10N4O3S2/c1-8-13(22-6-4-15)23-14(16-8)17-12(19)9-7-11(21-18-9)10-3-2-5-20-10/h2-3,5,7H,6H2,1H3,(H,16,17,19). The molecule has 0 aromatic carbocycles. The number of hydrogen-bond acceptors (Lipinski definition) is 8. The molecule has 1 amide bonds. The van der Waals surface area contributed by atoms with Crippen molar-refractivity contribution in [1.29, 1.82) is 5.26 Å². The molecule has 0 radical (unpaired) electrons. The van der Waals surface area contributed by atoms with Crippen molar-refractivity contribution in [1.82, 2.24) is 10.1 Å². The van der Waals surface area contributed by atoms with Gasteiger partial charge in [0.1, 0.15) is 0 Å². The maximum atomic E-state index is 12.2. The summed E-state index contributed by atoms with van der Waals surface area (Å²) in [6.07, 6.45) is 1.51. The quantitative estimate of drug-likeness (QED) is 0.704. The fourth-order valence-electron chi connectivity index (χ4n) is 1.75. The Balaban J connectivity index is 1.71. The first-order valence-electron chi connectivity index (χ1n) is 6.46. The Morgan fingerprint density at radius 2 is 2.39 bits per heavy atom. The minimum absolute atomic E-state index is 0.135. The van der Waals surface area contributed by atoms with Crippen molar-refractivity contribution in [2.75, 3.05) is 11.1 Å². The van der Waals surface area contributed by atoms with Crippen LogP contribution in [0.3, 0.4) is 0 Å². The average molecular weight is 346 g/mol. The number of furan rings is 1. The van der Waals surface area contributed by atoms with Gasteiger partial charge >= 0.3 is 0 Å². The van der Waals surface area contributed by atoms with Crippen LogP contribution >= 0.6 is 23.1 Å². The molecule has 23 heavy (non-hydrogen) atoms. The van der Waals surface area contributed by atoms with Crippen LogP contribution in [-0.4, -0.2) is 21.8 Å². The lowest BCUT2D eigenvalue weighted by Crippen LogP contribution is -2.11. The molecule has 3 heterocycles. The minimum atomic E-state index is -0.419. The molecule has 7 nitrogen and oxygen atoms in total. The zero-order valence-electron chi connectivity index (χ0n) is 11.9. The van der Waals surface area contributed by atoms with E-state index in [0.717, 1.165) is 9.90 Å². The Bertz CT molecular complexity index is 861. The van der Waals surface area contributed by atoms with E-state index in [1.165, 1.54) is 35.4 Å². The molecule has 0 aliphatic rings. The van der Waals surface area contributed by atoms with Crippen molar-refractivity contribution in [3.05, 3.63) is 35.9 Å². The number of thioether (sulfide) groups is 1. The number of rotatable bonds is 5. The summed E-state index contributed by atoms with van der Waals surface area (Å²) in [5.41, 5.74) is 0.914. The van der Waals surface area contributed by atoms with Gasteiger partial charge in [0, 0.05) is 6.07 Å². The SMILES string of the molecule is Cc1nc(NC(=O)c2cc(-c3ccco3)on2)sc1SCC#N. The maximum absolute atomic E-state index is 12.2. The van der Waals surface area contributed by atoms with Crippen LogP contribution in [0.4, 0.5) is 5.13 Å². The van der Waals surface area contributed by atoms with E-state index in [9.17, 15) is 4.79 Å². The Kier molecular flexibility index (Phi) is 4.45. The van der Waals surface area contributed by atoms with Gasteiger partial charge in [0.2, 0.25) is 5.76 Å². The normalized spacial score (nSPS) is 10.4. The second kappa shape index (κ2) is 6.68. The summed E-state index contributed by atoms with van der Waals surface area (Å²) in [4.78, 5) is 16.4. The molecule has 116 valence electrons. The van der Waals surface area contributed by atoms with Gasteiger partial charge < -0.3 is 8.94 Å². The molecule has 3 aromatic heterocycles. The molecular formula is C14H10N4O3S2. The molecular weight excluding hydrogens is 336 g/mol. The predicted molar refractivity (Wildman–Crippen MR) is 85.3 cm³/mol. The number of aryl methyl sites for hydroxylation is 1. The fraction of sp³-hybridized carbons (Fsp3) is 0.143. The highest BCUT2D eigenvalue weighted by atomic mass is 32.2. The van der Waals surface area contributed by atoms with Crippen LogP contribution in [0, 0.1) is 18.3 Å². The molecule has 0 aliphatic heterocycles. The van der Waals surface area contributed by atoms with E-state index in [2.05, 4.69) is 21.5 Å². The lowest BCUT2D eigenvalue weighted by molar-refractivity contribution is 0.101. The molecule has 1 N–H and O–H groups in total. The number of amides is 1. The number of anilines is 1. The third-order valence-corrected chi connectivity index (χ3v) is 5.05. The van der Waals surface area contributed by atoms with Crippen molar-refractivity contribution in [2.24, 2.45) is 0 Å². The minimum Gasteiger partial charge on any atom is -0.461 e. The molecule has 0 spiro atoms. The van der Waals surface area contributed by atoms with Gasteiger partial charge in [-0.2, -0.15) is 5.26 Å². The van der Waals surface area contributed by atoms with Crippen LogP contribution in [0.2, 0.25) is 0 Å². The summed E-state index contributed by atoms with van der Waals surface area (Å²) in [5, 5.41) is 15.5. The third-order valence-electron chi connectivity index (χ3n) is 2.75. The highest BCUT2D eigenvalue weighted by molar-refractivity contribution is 8.01. The van der Waals surface area contributed by atoms with Crippen LogP contribution < -0.4 is 5.32 Å². The van der Waals surface area contributed by atoms with Crippen LogP contribution in [-0.2, 0) is 0 Å². The smallest absolute Gasteiger partial charge is 0.279 e. The number of nitrogens with one attached hydrogen (secondary N) is 1. The topological polar surface area (TPSA) is 105 Å². The van der Waals surface area contributed by atoms with Gasteiger partial charge in [-0.05, 0) is 19.1 Å². The van der Waals surface area contributed by atoms with Gasteiger partial charge in [0.15, 0.2) is 16.6 Å². The van der Waals surface area contributed by atoms with Crippen molar-refractivity contribution in [3.63, 3.8) is 0 Å². The van der Waals surface area contributed by atoms with Crippen molar-refractivity contribution < 1.29 is 13.7 Å². The fourth-order valence-corrected chi connectivity index (χ4v) is 3.54. The number of carbonyl (C=O) groups excluding carboxylic acids is 1. The van der Waals surface area contributed by atoms with Crippen LogP contribution in [0.5, 0.6) is 0 Å². The molecule has 3 aromatic rings. The largest absolute Gasteiger partial charge is 0.461 e. The Hall–Kier alpha value is -2.57. The highest BCUT2D eigenvalue weighted by Gasteiger charge is 2.17.